The largest absolute Gasteiger partial charge is 0.473 e. The third-order valence-corrected chi connectivity index (χ3v) is 3.87. The maximum absolute atomic E-state index is 9.78. The van der Waals surface area contributed by atoms with Gasteiger partial charge in [0.15, 0.2) is 0 Å². The summed E-state index contributed by atoms with van der Waals surface area (Å²) in [6, 6.07) is 0. The second kappa shape index (κ2) is 9.23. The Morgan fingerprint density at radius 2 is 2.09 bits per heavy atom. The molecule has 9 heteroatoms. The van der Waals surface area contributed by atoms with Crippen molar-refractivity contribution in [1.82, 2.24) is 14.1 Å². The highest BCUT2D eigenvalue weighted by Gasteiger charge is 2.25. The number of rotatable bonds is 4. The highest BCUT2D eigenvalue weighted by Crippen LogP contribution is 2.32. The van der Waals surface area contributed by atoms with Crippen LogP contribution in [0.4, 0.5) is 0 Å². The monoisotopic (exact) mass is 343 g/mol. The summed E-state index contributed by atoms with van der Waals surface area (Å²) in [5, 5.41) is 24.6. The van der Waals surface area contributed by atoms with Crippen LogP contribution in [0.5, 0.6) is 0 Å². The van der Waals surface area contributed by atoms with Gasteiger partial charge in [0.1, 0.15) is 0 Å². The van der Waals surface area contributed by atoms with Gasteiger partial charge in [0, 0.05) is 13.1 Å². The van der Waals surface area contributed by atoms with Gasteiger partial charge in [0.05, 0.1) is 23.5 Å². The summed E-state index contributed by atoms with van der Waals surface area (Å²) >= 11 is 1.23. The van der Waals surface area contributed by atoms with Crippen molar-refractivity contribution in [3.63, 3.8) is 0 Å². The van der Waals surface area contributed by atoms with Crippen LogP contribution in [-0.4, -0.2) is 56.9 Å². The number of carboxylic acid groups (broad SMARTS) is 2. The van der Waals surface area contributed by atoms with Crippen LogP contribution < -0.4 is 4.72 Å². The van der Waals surface area contributed by atoms with E-state index in [2.05, 4.69) is 29.3 Å². The van der Waals surface area contributed by atoms with Gasteiger partial charge in [0.2, 0.25) is 0 Å². The lowest BCUT2D eigenvalue weighted by atomic mass is 10.0. The van der Waals surface area contributed by atoms with Crippen molar-refractivity contribution in [2.75, 3.05) is 20.1 Å². The second-order valence-corrected chi connectivity index (χ2v) is 5.71. The first-order valence-electron chi connectivity index (χ1n) is 6.97. The van der Waals surface area contributed by atoms with Crippen molar-refractivity contribution in [2.45, 2.75) is 19.3 Å². The van der Waals surface area contributed by atoms with Crippen LogP contribution in [0, 0.1) is 0 Å². The number of carbonyl (C=O) groups is 2. The predicted octanol–water partition coefficient (Wildman–Crippen LogP) is 1.44. The zero-order chi connectivity index (χ0) is 17.4. The topological polar surface area (TPSA) is 113 Å². The molecule has 2 heterocycles. The molecule has 2 aliphatic heterocycles. The molecule has 0 radical (unpaired) electrons. The molecule has 4 N–H and O–H groups in total. The summed E-state index contributed by atoms with van der Waals surface area (Å²) < 4.78 is 4.43. The molecule has 0 bridgehead atoms. The number of nitrogens with zero attached hydrogens (tertiary/aromatic N) is 2. The molecule has 2 rings (SSSR count). The summed E-state index contributed by atoms with van der Waals surface area (Å²) in [6.45, 7) is 5.77. The normalized spacial score (nSPS) is 17.8. The maximum Gasteiger partial charge on any atom is 0.414 e. The van der Waals surface area contributed by atoms with Crippen molar-refractivity contribution in [3.05, 3.63) is 35.7 Å². The van der Waals surface area contributed by atoms with E-state index >= 15 is 0 Å². The first-order valence-corrected chi connectivity index (χ1v) is 7.74. The molecule has 0 amide bonds. The Morgan fingerprint density at radius 3 is 2.61 bits per heavy atom. The van der Waals surface area contributed by atoms with E-state index < -0.39 is 11.9 Å². The summed E-state index contributed by atoms with van der Waals surface area (Å²) in [5.74, 6) is -3.65. The number of hydrogen-bond acceptors (Lipinski definition) is 7. The minimum atomic E-state index is -1.82. The highest BCUT2D eigenvalue weighted by atomic mass is 32.2. The highest BCUT2D eigenvalue weighted by molar-refractivity contribution is 7.95. The molecule has 0 spiro atoms. The van der Waals surface area contributed by atoms with Gasteiger partial charge in [-0.25, -0.2) is 9.59 Å². The lowest BCUT2D eigenvalue weighted by molar-refractivity contribution is -0.159. The standard InChI is InChI=1S/C12H19N3OS.C2H2O4/c1-3-4-7-11-12(13-17-15(11)16)10-6-5-8-14(2)9-10;3-1(4)2(5)6/h3,6,13,16H,1,4-5,7-9H2,2H3;(H,3,4)(H,5,6). The Kier molecular flexibility index (Phi) is 7.66. The molecule has 0 fully saturated rings. The molecule has 0 aliphatic carbocycles. The zero-order valence-electron chi connectivity index (χ0n) is 12.9. The molecular formula is C14H21N3O5S. The molecule has 0 unspecified atom stereocenters. The molecule has 0 saturated heterocycles. The third kappa shape index (κ3) is 5.97. The van der Waals surface area contributed by atoms with E-state index in [-0.39, 0.29) is 0 Å². The van der Waals surface area contributed by atoms with Crippen LogP contribution in [0.15, 0.2) is 35.7 Å². The molecule has 0 aromatic carbocycles. The molecule has 0 saturated carbocycles. The fourth-order valence-electron chi connectivity index (χ4n) is 2.08. The van der Waals surface area contributed by atoms with E-state index in [1.54, 1.807) is 0 Å². The van der Waals surface area contributed by atoms with Crippen molar-refractivity contribution in [2.24, 2.45) is 0 Å². The lowest BCUT2D eigenvalue weighted by Crippen LogP contribution is -2.27. The number of aliphatic carboxylic acids is 2. The van der Waals surface area contributed by atoms with Gasteiger partial charge < -0.3 is 19.8 Å². The Morgan fingerprint density at radius 1 is 1.43 bits per heavy atom. The third-order valence-electron chi connectivity index (χ3n) is 3.18. The lowest BCUT2D eigenvalue weighted by Gasteiger charge is -2.23. The van der Waals surface area contributed by atoms with Gasteiger partial charge in [-0.3, -0.25) is 5.21 Å². The molecule has 128 valence electrons. The molecule has 0 aromatic rings. The Labute approximate surface area is 139 Å². The summed E-state index contributed by atoms with van der Waals surface area (Å²) in [4.78, 5) is 20.5. The van der Waals surface area contributed by atoms with Gasteiger partial charge in [-0.2, -0.15) is 4.47 Å². The van der Waals surface area contributed by atoms with Crippen molar-refractivity contribution >= 4 is 24.1 Å². The van der Waals surface area contributed by atoms with Gasteiger partial charge in [-0.15, -0.1) is 6.58 Å². The van der Waals surface area contributed by atoms with Crippen LogP contribution in [-0.2, 0) is 9.59 Å². The SMILES string of the molecule is C=CCCC1=C(C2=CCCN(C)C2)NSN1O.O=C(O)C(=O)O. The number of likely N-dealkylation sites (N-methyl/N-ethyl adjacent to an activating group) is 1. The van der Waals surface area contributed by atoms with Crippen LogP contribution in [0.1, 0.15) is 19.3 Å². The Bertz CT molecular complexity index is 521. The van der Waals surface area contributed by atoms with Gasteiger partial charge in [0.25, 0.3) is 0 Å². The van der Waals surface area contributed by atoms with E-state index in [1.807, 2.05) is 6.08 Å². The van der Waals surface area contributed by atoms with E-state index in [4.69, 9.17) is 19.8 Å². The zero-order valence-corrected chi connectivity index (χ0v) is 13.7. The Balaban J connectivity index is 0.000000379. The summed E-state index contributed by atoms with van der Waals surface area (Å²) in [5.41, 5.74) is 3.31. The first-order chi connectivity index (χ1) is 10.9. The Hall–Kier alpha value is -1.97. The van der Waals surface area contributed by atoms with E-state index in [0.29, 0.717) is 0 Å². The van der Waals surface area contributed by atoms with Gasteiger partial charge >= 0.3 is 11.9 Å². The van der Waals surface area contributed by atoms with E-state index in [1.165, 1.54) is 22.2 Å². The van der Waals surface area contributed by atoms with Gasteiger partial charge in [-0.1, -0.05) is 12.2 Å². The van der Waals surface area contributed by atoms with E-state index in [0.717, 1.165) is 43.7 Å². The number of hydroxylamine groups is 1. The fourth-order valence-corrected chi connectivity index (χ4v) is 2.80. The predicted molar refractivity (Wildman–Crippen MR) is 86.3 cm³/mol. The number of nitrogens with one attached hydrogen (secondary N) is 1. The van der Waals surface area contributed by atoms with Crippen LogP contribution >= 0.6 is 12.1 Å². The quantitative estimate of drug-likeness (QED) is 0.342. The maximum atomic E-state index is 9.78. The second-order valence-electron chi connectivity index (χ2n) is 4.98. The first kappa shape index (κ1) is 19.1. The smallest absolute Gasteiger partial charge is 0.414 e. The minimum Gasteiger partial charge on any atom is -0.473 e. The van der Waals surface area contributed by atoms with Crippen LogP contribution in [0.3, 0.4) is 0 Å². The molecule has 0 aromatic heterocycles. The van der Waals surface area contributed by atoms with Crippen molar-refractivity contribution < 1.29 is 25.0 Å². The molecule has 0 atom stereocenters. The average molecular weight is 343 g/mol. The number of allylic oxidation sites excluding steroid dienone is 2. The average Bonchev–Trinajstić information content (AvgIpc) is 2.86. The molecule has 2 aliphatic rings. The van der Waals surface area contributed by atoms with Crippen LogP contribution in [0.25, 0.3) is 0 Å². The van der Waals surface area contributed by atoms with Crippen LogP contribution in [0.2, 0.25) is 0 Å². The van der Waals surface area contributed by atoms with Crippen molar-refractivity contribution in [3.8, 4) is 0 Å². The van der Waals surface area contributed by atoms with Gasteiger partial charge in [-0.05, 0) is 31.9 Å². The molecule has 8 nitrogen and oxygen atoms in total. The molecule has 23 heavy (non-hydrogen) atoms. The fraction of sp³-hybridized carbons (Fsp3) is 0.429. The van der Waals surface area contributed by atoms with E-state index in [9.17, 15) is 5.21 Å². The number of hydrogen-bond donors (Lipinski definition) is 4. The minimum absolute atomic E-state index is 0.816. The molecular weight excluding hydrogens is 322 g/mol. The number of carboxylic acids is 2. The summed E-state index contributed by atoms with van der Waals surface area (Å²) in [6.07, 6.45) is 6.90. The summed E-state index contributed by atoms with van der Waals surface area (Å²) in [7, 11) is 2.12. The van der Waals surface area contributed by atoms with Crippen molar-refractivity contribution in [1.29, 1.82) is 0 Å².